The summed E-state index contributed by atoms with van der Waals surface area (Å²) in [5.74, 6) is -3.32. The summed E-state index contributed by atoms with van der Waals surface area (Å²) in [5.41, 5.74) is 1.69. The zero-order valence-corrected chi connectivity index (χ0v) is 27.2. The second-order valence-electron chi connectivity index (χ2n) is 12.1. The quantitative estimate of drug-likeness (QED) is 0.102. The maximum atomic E-state index is 14.9. The van der Waals surface area contributed by atoms with Crippen LogP contribution < -0.4 is 4.90 Å². The van der Waals surface area contributed by atoms with Gasteiger partial charge in [0.1, 0.15) is 35.4 Å². The summed E-state index contributed by atoms with van der Waals surface area (Å²) in [7, 11) is 0. The first-order chi connectivity index (χ1) is 20.2. The predicted molar refractivity (Wildman–Crippen MR) is 158 cm³/mol. The molecule has 10 heteroatoms. The molecule has 1 aromatic carbocycles. The number of anilines is 3. The van der Waals surface area contributed by atoms with Crippen LogP contribution in [0.4, 0.5) is 34.9 Å². The van der Waals surface area contributed by atoms with Gasteiger partial charge < -0.3 is 0 Å². The van der Waals surface area contributed by atoms with E-state index in [0.29, 0.717) is 17.3 Å². The van der Waals surface area contributed by atoms with Crippen LogP contribution in [0.5, 0.6) is 0 Å². The van der Waals surface area contributed by atoms with Gasteiger partial charge in [-0.15, -0.1) is 12.1 Å². The van der Waals surface area contributed by atoms with E-state index in [2.05, 4.69) is 22.1 Å². The van der Waals surface area contributed by atoms with Crippen LogP contribution >= 0.6 is 0 Å². The van der Waals surface area contributed by atoms with Crippen LogP contribution in [0.25, 0.3) is 22.5 Å². The van der Waals surface area contributed by atoms with Gasteiger partial charge in [-0.05, 0) is 57.6 Å². The number of hydrogen-bond acceptors (Lipinski definition) is 5. The van der Waals surface area contributed by atoms with E-state index in [0.717, 1.165) is 23.3 Å². The fourth-order valence-electron chi connectivity index (χ4n) is 4.45. The molecule has 0 saturated carbocycles. The third-order valence-corrected chi connectivity index (χ3v) is 6.83. The summed E-state index contributed by atoms with van der Waals surface area (Å²) >= 11 is 0. The minimum absolute atomic E-state index is 0. The summed E-state index contributed by atoms with van der Waals surface area (Å²) < 4.78 is 57.2. The third-order valence-electron chi connectivity index (χ3n) is 6.83. The Morgan fingerprint density at radius 2 is 1.00 bits per heavy atom. The first kappa shape index (κ1) is 32.9. The second-order valence-corrected chi connectivity index (χ2v) is 12.1. The molecule has 0 spiro atoms. The van der Waals surface area contributed by atoms with Crippen LogP contribution in [0, 0.1) is 35.9 Å². The minimum atomic E-state index is -1.04. The van der Waals surface area contributed by atoms with E-state index in [9.17, 15) is 17.6 Å². The molecular weight excluding hydrogens is 749 g/mol. The van der Waals surface area contributed by atoms with Crippen LogP contribution in [0.1, 0.15) is 52.7 Å². The van der Waals surface area contributed by atoms with Gasteiger partial charge in [0.05, 0.1) is 0 Å². The minimum Gasteiger partial charge on any atom is -0.291 e. The molecule has 228 valence electrons. The number of hydrogen-bond donors (Lipinski definition) is 0. The van der Waals surface area contributed by atoms with Gasteiger partial charge in [0.25, 0.3) is 0 Å². The van der Waals surface area contributed by atoms with Crippen molar-refractivity contribution in [2.45, 2.75) is 52.4 Å². The number of rotatable bonds is 5. The maximum absolute atomic E-state index is 14.9. The van der Waals surface area contributed by atoms with Gasteiger partial charge in [0, 0.05) is 5.69 Å². The Bertz CT molecular complexity index is 1690. The molecule has 0 unspecified atom stereocenters. The van der Waals surface area contributed by atoms with Crippen molar-refractivity contribution in [2.24, 2.45) is 0 Å². The van der Waals surface area contributed by atoms with E-state index in [-0.39, 0.29) is 43.6 Å². The Balaban J connectivity index is 0.00000442. The van der Waals surface area contributed by atoms with Gasteiger partial charge in [0.15, 0.2) is 0 Å². The van der Waals surface area contributed by atoms with Gasteiger partial charge in [-0.2, -0.15) is 0 Å². The zero-order chi connectivity index (χ0) is 31.1. The van der Waals surface area contributed by atoms with Gasteiger partial charge in [-0.1, -0.05) is 95.1 Å². The van der Waals surface area contributed by atoms with Gasteiger partial charge in [-0.25, -0.2) is 17.6 Å². The van der Waals surface area contributed by atoms with Gasteiger partial charge >= 0.3 is 21.1 Å². The number of pyridine rings is 4. The maximum Gasteiger partial charge on any atom is 2.00 e. The van der Waals surface area contributed by atoms with E-state index in [4.69, 9.17) is 9.97 Å². The van der Waals surface area contributed by atoms with E-state index in [1.54, 1.807) is 17.0 Å². The SMILES string of the molecule is CC(C)(C)c1cc(-c2[c-]cc(F)nc2F)nc(N(c2ccccc2)c2cc(C(C)(C)C)cc(-c3[c-]cc(F)nc3F)n2)c1.[Pt+2]. The number of para-hydroxylation sites is 1. The molecule has 0 bridgehead atoms. The van der Waals surface area contributed by atoms with Gasteiger partial charge in [0.2, 0.25) is 0 Å². The molecule has 4 aromatic heterocycles. The average molecular weight is 779 g/mol. The van der Waals surface area contributed by atoms with Crippen LogP contribution in [-0.4, -0.2) is 19.9 Å². The summed E-state index contributed by atoms with van der Waals surface area (Å²) in [6, 6.07) is 23.6. The molecule has 5 nitrogen and oxygen atoms in total. The Morgan fingerprint density at radius 3 is 1.36 bits per heavy atom. The molecule has 0 fully saturated rings. The standard InChI is InChI=1S/C34H29F4N5.Pt/c1-33(2,3)20-16-25(23-12-14-27(35)41-31(23)37)39-29(18-20)43(22-10-8-7-9-11-22)30-19-21(34(4,5)6)17-26(40-30)24-13-15-28(36)42-32(24)38;/h7-11,14-19H,1-6H3;/q-2;+2. The van der Waals surface area contributed by atoms with Crippen LogP contribution in [0.2, 0.25) is 0 Å². The average Bonchev–Trinajstić information content (AvgIpc) is 2.92. The molecule has 5 aromatic rings. The summed E-state index contributed by atoms with van der Waals surface area (Å²) in [6.45, 7) is 12.0. The molecule has 5 rings (SSSR count). The first-order valence-electron chi connectivity index (χ1n) is 13.6. The molecule has 0 amide bonds. The topological polar surface area (TPSA) is 54.8 Å². The fourth-order valence-corrected chi connectivity index (χ4v) is 4.45. The summed E-state index contributed by atoms with van der Waals surface area (Å²) in [6.07, 6.45) is 0. The van der Waals surface area contributed by atoms with Crippen molar-refractivity contribution >= 4 is 17.3 Å². The van der Waals surface area contributed by atoms with Crippen molar-refractivity contribution in [3.8, 4) is 22.5 Å². The largest absolute Gasteiger partial charge is 2.00 e. The van der Waals surface area contributed by atoms with Crippen molar-refractivity contribution in [3.63, 3.8) is 0 Å². The third kappa shape index (κ3) is 7.05. The van der Waals surface area contributed by atoms with E-state index in [1.807, 2.05) is 84.0 Å². The molecule has 0 N–H and O–H groups in total. The molecule has 0 aliphatic rings. The molecule has 44 heavy (non-hydrogen) atoms. The molecule has 4 heterocycles. The molecule has 0 radical (unpaired) electrons. The van der Waals surface area contributed by atoms with Crippen molar-refractivity contribution in [2.75, 3.05) is 4.90 Å². The normalized spacial score (nSPS) is 11.7. The van der Waals surface area contributed by atoms with Crippen molar-refractivity contribution in [3.05, 3.63) is 114 Å². The Hall–Kier alpha value is -3.97. The molecule has 0 aliphatic heterocycles. The zero-order valence-electron chi connectivity index (χ0n) is 24.9. The predicted octanol–water partition coefficient (Wildman–Crippen LogP) is 8.82. The Morgan fingerprint density at radius 1 is 0.591 bits per heavy atom. The molecular formula is C34H29F4N5Pt. The number of halogens is 4. The summed E-state index contributed by atoms with van der Waals surface area (Å²) in [4.78, 5) is 18.0. The monoisotopic (exact) mass is 778 g/mol. The first-order valence-corrected chi connectivity index (χ1v) is 13.6. The molecule has 0 aliphatic carbocycles. The van der Waals surface area contributed by atoms with E-state index in [1.165, 1.54) is 0 Å². The van der Waals surface area contributed by atoms with E-state index < -0.39 is 34.6 Å². The smallest absolute Gasteiger partial charge is 0.291 e. The van der Waals surface area contributed by atoms with Crippen molar-refractivity contribution in [1.29, 1.82) is 0 Å². The summed E-state index contributed by atoms with van der Waals surface area (Å²) in [5, 5.41) is 0. The second kappa shape index (κ2) is 12.6. The molecule has 0 saturated heterocycles. The van der Waals surface area contributed by atoms with Crippen LogP contribution in [0.3, 0.4) is 0 Å². The van der Waals surface area contributed by atoms with Crippen molar-refractivity contribution < 1.29 is 38.6 Å². The number of nitrogens with zero attached hydrogens (tertiary/aromatic N) is 5. The number of aromatic nitrogens is 4. The Labute approximate surface area is 268 Å². The van der Waals surface area contributed by atoms with E-state index >= 15 is 0 Å². The van der Waals surface area contributed by atoms with Gasteiger partial charge in [-0.3, -0.25) is 24.8 Å². The van der Waals surface area contributed by atoms with Crippen LogP contribution in [0.15, 0.2) is 66.7 Å². The van der Waals surface area contributed by atoms with Crippen LogP contribution in [-0.2, 0) is 31.9 Å². The Kier molecular flexibility index (Phi) is 9.40. The molecule has 0 atom stereocenters. The fraction of sp³-hybridized carbons (Fsp3) is 0.235. The van der Waals surface area contributed by atoms with Crippen molar-refractivity contribution in [1.82, 2.24) is 19.9 Å². The number of benzene rings is 1.